The Kier molecular flexibility index (Phi) is 6.42. The van der Waals surface area contributed by atoms with Crippen LogP contribution in [-0.4, -0.2) is 48.6 Å². The second-order valence-corrected chi connectivity index (χ2v) is 7.48. The molecule has 0 bridgehead atoms. The normalized spacial score (nSPS) is 24.7. The van der Waals surface area contributed by atoms with Gasteiger partial charge in [-0.3, -0.25) is 14.5 Å². The van der Waals surface area contributed by atoms with Gasteiger partial charge in [-0.05, 0) is 37.3 Å². The van der Waals surface area contributed by atoms with Crippen LogP contribution in [0.5, 0.6) is 5.75 Å². The van der Waals surface area contributed by atoms with E-state index >= 15 is 0 Å². The van der Waals surface area contributed by atoms with Gasteiger partial charge in [-0.2, -0.15) is 0 Å². The molecule has 2 N–H and O–H groups in total. The largest absolute Gasteiger partial charge is 0.495 e. The van der Waals surface area contributed by atoms with E-state index < -0.39 is 11.4 Å². The summed E-state index contributed by atoms with van der Waals surface area (Å²) in [6.07, 6.45) is 2.59. The Morgan fingerprint density at radius 1 is 1.46 bits per heavy atom. The predicted molar refractivity (Wildman–Crippen MR) is 102 cm³/mol. The number of aryl methyl sites for hydroxylation is 1. The summed E-state index contributed by atoms with van der Waals surface area (Å²) in [4.78, 5) is 26.1. The number of hydrogen-bond acceptors (Lipinski definition) is 4. The molecule has 2 atom stereocenters. The first kappa shape index (κ1) is 20.8. The highest BCUT2D eigenvalue weighted by Crippen LogP contribution is 2.48. The topological polar surface area (TPSA) is 78.9 Å². The smallest absolute Gasteiger partial charge is 0.311 e. The summed E-state index contributed by atoms with van der Waals surface area (Å²) >= 11 is 6.08. The van der Waals surface area contributed by atoms with Gasteiger partial charge in [-0.15, -0.1) is 12.4 Å². The summed E-state index contributed by atoms with van der Waals surface area (Å²) in [6.45, 7) is 3.14. The number of carbonyl (C=O) groups is 2. The van der Waals surface area contributed by atoms with Crippen molar-refractivity contribution in [2.45, 2.75) is 26.2 Å². The van der Waals surface area contributed by atoms with Gasteiger partial charge in [0.05, 0.1) is 24.8 Å². The number of likely N-dealkylation sites (tertiary alicyclic amines) is 1. The van der Waals surface area contributed by atoms with Crippen LogP contribution in [0.2, 0.25) is 5.02 Å². The first-order chi connectivity index (χ1) is 11.9. The van der Waals surface area contributed by atoms with Crippen molar-refractivity contribution >= 4 is 41.6 Å². The number of fused-ring (bicyclic) bond motifs is 1. The molecule has 1 heterocycles. The summed E-state index contributed by atoms with van der Waals surface area (Å²) in [5.41, 5.74) is 0.745. The molecule has 1 saturated carbocycles. The molecule has 8 heteroatoms. The van der Waals surface area contributed by atoms with Crippen molar-refractivity contribution in [1.82, 2.24) is 4.90 Å². The number of anilines is 1. The minimum absolute atomic E-state index is 0. The molecule has 26 heavy (non-hydrogen) atoms. The summed E-state index contributed by atoms with van der Waals surface area (Å²) in [6, 6.07) is 3.45. The van der Waals surface area contributed by atoms with Crippen molar-refractivity contribution in [2.75, 3.05) is 32.1 Å². The maximum Gasteiger partial charge on any atom is 0.311 e. The summed E-state index contributed by atoms with van der Waals surface area (Å²) in [5.74, 6) is -0.261. The molecule has 1 aromatic rings. The molecule has 144 valence electrons. The summed E-state index contributed by atoms with van der Waals surface area (Å²) in [5, 5.41) is 13.1. The highest BCUT2D eigenvalue weighted by Gasteiger charge is 2.54. The van der Waals surface area contributed by atoms with E-state index in [1.165, 1.54) is 7.11 Å². The Labute approximate surface area is 164 Å². The van der Waals surface area contributed by atoms with E-state index in [1.54, 1.807) is 12.1 Å². The maximum absolute atomic E-state index is 12.4. The van der Waals surface area contributed by atoms with Crippen molar-refractivity contribution in [3.8, 4) is 5.75 Å². The number of methoxy groups -OCH3 is 1. The Morgan fingerprint density at radius 3 is 2.81 bits per heavy atom. The first-order valence-corrected chi connectivity index (χ1v) is 8.83. The average Bonchev–Trinajstić information content (AvgIpc) is 3.08. The highest BCUT2D eigenvalue weighted by molar-refractivity contribution is 6.31. The number of nitrogens with one attached hydrogen (secondary N) is 1. The zero-order chi connectivity index (χ0) is 18.2. The predicted octanol–water partition coefficient (Wildman–Crippen LogP) is 3.20. The number of ether oxygens (including phenoxy) is 1. The van der Waals surface area contributed by atoms with Crippen LogP contribution >= 0.6 is 24.0 Å². The number of halogens is 2. The fourth-order valence-electron chi connectivity index (χ4n) is 4.19. The standard InChI is InChI=1S/C18H23ClN2O4.ClH/c1-11-6-14(15(25-2)7-13(11)19)20-16(22)9-21-8-12-4-3-5-18(12,10-21)17(23)24;/h6-7,12H,3-5,8-10H2,1-2H3,(H,20,22)(H,23,24);1H/t12-,18+;/m0./s1. The third-order valence-electron chi connectivity index (χ3n) is 5.49. The molecular weight excluding hydrogens is 379 g/mol. The minimum Gasteiger partial charge on any atom is -0.495 e. The lowest BCUT2D eigenvalue weighted by molar-refractivity contribution is -0.149. The van der Waals surface area contributed by atoms with Crippen molar-refractivity contribution in [2.24, 2.45) is 11.3 Å². The molecule has 3 rings (SSSR count). The zero-order valence-corrected chi connectivity index (χ0v) is 16.5. The van der Waals surface area contributed by atoms with Gasteiger partial charge in [-0.25, -0.2) is 0 Å². The van der Waals surface area contributed by atoms with E-state index in [-0.39, 0.29) is 30.8 Å². The third kappa shape index (κ3) is 3.77. The number of rotatable bonds is 5. The van der Waals surface area contributed by atoms with E-state index in [4.69, 9.17) is 16.3 Å². The van der Waals surface area contributed by atoms with E-state index in [1.807, 2.05) is 11.8 Å². The van der Waals surface area contributed by atoms with Crippen LogP contribution < -0.4 is 10.1 Å². The maximum atomic E-state index is 12.4. The molecule has 2 fully saturated rings. The number of carboxylic acids is 1. The number of carbonyl (C=O) groups excluding carboxylic acids is 1. The molecule has 1 aliphatic heterocycles. The van der Waals surface area contributed by atoms with Crippen LogP contribution in [0, 0.1) is 18.3 Å². The molecular formula is C18H24Cl2N2O4. The molecule has 1 aromatic carbocycles. The lowest BCUT2D eigenvalue weighted by Gasteiger charge is -2.23. The summed E-state index contributed by atoms with van der Waals surface area (Å²) in [7, 11) is 1.52. The molecule has 1 aliphatic carbocycles. The van der Waals surface area contributed by atoms with Crippen LogP contribution in [0.1, 0.15) is 24.8 Å². The van der Waals surface area contributed by atoms with Crippen LogP contribution in [0.3, 0.4) is 0 Å². The van der Waals surface area contributed by atoms with Gasteiger partial charge in [0.25, 0.3) is 0 Å². The average molecular weight is 403 g/mol. The van der Waals surface area contributed by atoms with Crippen molar-refractivity contribution in [3.05, 3.63) is 22.7 Å². The number of carboxylic acid groups (broad SMARTS) is 1. The monoisotopic (exact) mass is 402 g/mol. The zero-order valence-electron chi connectivity index (χ0n) is 14.9. The van der Waals surface area contributed by atoms with Crippen LogP contribution in [0.15, 0.2) is 12.1 Å². The fourth-order valence-corrected chi connectivity index (χ4v) is 4.34. The molecule has 1 saturated heterocycles. The molecule has 1 amide bonds. The van der Waals surface area contributed by atoms with Crippen LogP contribution in [0.4, 0.5) is 5.69 Å². The van der Waals surface area contributed by atoms with Gasteiger partial charge in [0.15, 0.2) is 0 Å². The van der Waals surface area contributed by atoms with Crippen molar-refractivity contribution in [1.29, 1.82) is 0 Å². The Hall–Kier alpha value is -1.50. The number of hydrogen-bond donors (Lipinski definition) is 2. The lowest BCUT2D eigenvalue weighted by atomic mass is 9.81. The number of aliphatic carboxylic acids is 1. The Bertz CT molecular complexity index is 713. The van der Waals surface area contributed by atoms with E-state index in [9.17, 15) is 14.7 Å². The van der Waals surface area contributed by atoms with Crippen LogP contribution in [0.25, 0.3) is 0 Å². The van der Waals surface area contributed by atoms with E-state index in [0.29, 0.717) is 36.0 Å². The van der Waals surface area contributed by atoms with Gasteiger partial charge in [0.1, 0.15) is 5.75 Å². The SMILES string of the molecule is COc1cc(Cl)c(C)cc1NC(=O)CN1C[C@@H]2CCC[C@@]2(C(=O)O)C1.Cl. The van der Waals surface area contributed by atoms with Crippen LogP contribution in [-0.2, 0) is 9.59 Å². The molecule has 0 radical (unpaired) electrons. The van der Waals surface area contributed by atoms with E-state index in [2.05, 4.69) is 5.32 Å². The van der Waals surface area contributed by atoms with Gasteiger partial charge < -0.3 is 15.2 Å². The second kappa shape index (κ2) is 8.03. The van der Waals surface area contributed by atoms with Gasteiger partial charge in [0.2, 0.25) is 5.91 Å². The lowest BCUT2D eigenvalue weighted by Crippen LogP contribution is -2.37. The molecule has 0 spiro atoms. The third-order valence-corrected chi connectivity index (χ3v) is 5.90. The summed E-state index contributed by atoms with van der Waals surface area (Å²) < 4.78 is 5.27. The quantitative estimate of drug-likeness (QED) is 0.790. The fraction of sp³-hybridized carbons (Fsp3) is 0.556. The molecule has 0 unspecified atom stereocenters. The Morgan fingerprint density at radius 2 is 2.19 bits per heavy atom. The number of benzene rings is 1. The molecule has 0 aromatic heterocycles. The van der Waals surface area contributed by atoms with Gasteiger partial charge in [-0.1, -0.05) is 18.0 Å². The van der Waals surface area contributed by atoms with E-state index in [0.717, 1.165) is 18.4 Å². The highest BCUT2D eigenvalue weighted by atomic mass is 35.5. The van der Waals surface area contributed by atoms with Gasteiger partial charge >= 0.3 is 5.97 Å². The van der Waals surface area contributed by atoms with Crippen molar-refractivity contribution < 1.29 is 19.4 Å². The second-order valence-electron chi connectivity index (χ2n) is 7.07. The first-order valence-electron chi connectivity index (χ1n) is 8.45. The molecule has 2 aliphatic rings. The number of nitrogens with zero attached hydrogens (tertiary/aromatic N) is 1. The minimum atomic E-state index is -0.729. The van der Waals surface area contributed by atoms with Gasteiger partial charge in [0, 0.05) is 24.2 Å². The van der Waals surface area contributed by atoms with Crippen molar-refractivity contribution in [3.63, 3.8) is 0 Å². The number of amides is 1. The molecule has 6 nitrogen and oxygen atoms in total. The Balaban J connectivity index is 0.00000243.